The molecule has 0 spiro atoms. The Morgan fingerprint density at radius 2 is 1.88 bits per heavy atom. The summed E-state index contributed by atoms with van der Waals surface area (Å²) in [7, 11) is 3.25. The number of nitrogens with one attached hydrogen (secondary N) is 2. The van der Waals surface area contributed by atoms with Crippen LogP contribution < -0.4 is 20.1 Å². The van der Waals surface area contributed by atoms with E-state index in [1.807, 2.05) is 42.5 Å². The van der Waals surface area contributed by atoms with E-state index in [2.05, 4.69) is 10.6 Å². The number of fused-ring (bicyclic) bond motifs is 1. The van der Waals surface area contributed by atoms with E-state index in [9.17, 15) is 4.79 Å². The van der Waals surface area contributed by atoms with Gasteiger partial charge in [0, 0.05) is 6.54 Å². The molecule has 1 aliphatic rings. The van der Waals surface area contributed by atoms with Crippen molar-refractivity contribution < 1.29 is 19.0 Å². The fourth-order valence-electron chi connectivity index (χ4n) is 3.11. The molecule has 138 valence electrons. The third kappa shape index (κ3) is 4.26. The number of hydrogen-bond donors (Lipinski definition) is 2. The molecule has 6 nitrogen and oxygen atoms in total. The summed E-state index contributed by atoms with van der Waals surface area (Å²) in [6.07, 6.45) is 0.480. The molecule has 26 heavy (non-hydrogen) atoms. The van der Waals surface area contributed by atoms with Crippen LogP contribution in [0.1, 0.15) is 22.7 Å². The molecule has 3 rings (SSSR count). The quantitative estimate of drug-likeness (QED) is 0.833. The summed E-state index contributed by atoms with van der Waals surface area (Å²) in [6, 6.07) is 13.6. The highest BCUT2D eigenvalue weighted by molar-refractivity contribution is 5.67. The van der Waals surface area contributed by atoms with E-state index in [-0.39, 0.29) is 12.6 Å². The highest BCUT2D eigenvalue weighted by Gasteiger charge is 2.23. The number of hydrogen-bond acceptors (Lipinski definition) is 5. The molecular weight excluding hydrogens is 332 g/mol. The lowest BCUT2D eigenvalue weighted by atomic mass is 9.93. The SMILES string of the molecule is COc1cc2c(cc1OC)[C@H](CNC(=O)OCc1ccccc1)NCC2. The molecular formula is C20H24N2O4. The van der Waals surface area contributed by atoms with Gasteiger partial charge in [-0.3, -0.25) is 0 Å². The third-order valence-corrected chi connectivity index (χ3v) is 4.47. The van der Waals surface area contributed by atoms with Crippen molar-refractivity contribution in [1.29, 1.82) is 0 Å². The fourth-order valence-corrected chi connectivity index (χ4v) is 3.11. The van der Waals surface area contributed by atoms with E-state index >= 15 is 0 Å². The molecule has 2 aromatic carbocycles. The van der Waals surface area contributed by atoms with Gasteiger partial charge in [0.2, 0.25) is 0 Å². The van der Waals surface area contributed by atoms with Crippen LogP contribution in [0, 0.1) is 0 Å². The summed E-state index contributed by atoms with van der Waals surface area (Å²) >= 11 is 0. The van der Waals surface area contributed by atoms with Gasteiger partial charge in [-0.25, -0.2) is 4.79 Å². The van der Waals surface area contributed by atoms with Crippen molar-refractivity contribution in [3.05, 3.63) is 59.2 Å². The van der Waals surface area contributed by atoms with Crippen molar-refractivity contribution in [2.24, 2.45) is 0 Å². The Morgan fingerprint density at radius 3 is 2.62 bits per heavy atom. The average molecular weight is 356 g/mol. The van der Waals surface area contributed by atoms with Crippen molar-refractivity contribution >= 4 is 6.09 Å². The fraction of sp³-hybridized carbons (Fsp3) is 0.350. The van der Waals surface area contributed by atoms with E-state index in [1.165, 1.54) is 5.56 Å². The molecule has 0 saturated heterocycles. The standard InChI is InChI=1S/C20H24N2O4/c1-24-18-10-15-8-9-21-17(16(15)11-19(18)25-2)12-22-20(23)26-13-14-6-4-3-5-7-14/h3-7,10-11,17,21H,8-9,12-13H2,1-2H3,(H,22,23)/t17-/m0/s1. The lowest BCUT2D eigenvalue weighted by Crippen LogP contribution is -2.39. The summed E-state index contributed by atoms with van der Waals surface area (Å²) in [5.74, 6) is 1.41. The molecule has 0 aromatic heterocycles. The van der Waals surface area contributed by atoms with Gasteiger partial charge in [-0.05, 0) is 41.8 Å². The Balaban J connectivity index is 1.60. The number of alkyl carbamates (subject to hydrolysis) is 1. The average Bonchev–Trinajstić information content (AvgIpc) is 2.70. The predicted molar refractivity (Wildman–Crippen MR) is 98.6 cm³/mol. The molecule has 0 bridgehead atoms. The second-order valence-corrected chi connectivity index (χ2v) is 6.11. The molecule has 0 aliphatic carbocycles. The number of carbonyl (C=O) groups excluding carboxylic acids is 1. The Hall–Kier alpha value is -2.73. The first-order chi connectivity index (χ1) is 12.7. The van der Waals surface area contributed by atoms with E-state index in [0.717, 1.165) is 29.8 Å². The van der Waals surface area contributed by atoms with Crippen molar-refractivity contribution in [3.8, 4) is 11.5 Å². The first-order valence-electron chi connectivity index (χ1n) is 8.64. The summed E-state index contributed by atoms with van der Waals surface area (Å²) in [5, 5.41) is 6.26. The largest absolute Gasteiger partial charge is 0.493 e. The van der Waals surface area contributed by atoms with Gasteiger partial charge < -0.3 is 24.8 Å². The van der Waals surface area contributed by atoms with Crippen LogP contribution in [0.5, 0.6) is 11.5 Å². The minimum absolute atomic E-state index is 0.00262. The summed E-state index contributed by atoms with van der Waals surface area (Å²) < 4.78 is 16.0. The smallest absolute Gasteiger partial charge is 0.407 e. The monoisotopic (exact) mass is 356 g/mol. The van der Waals surface area contributed by atoms with Crippen molar-refractivity contribution in [1.82, 2.24) is 10.6 Å². The molecule has 1 heterocycles. The summed E-state index contributed by atoms with van der Waals surface area (Å²) in [4.78, 5) is 12.0. The molecule has 2 aromatic rings. The number of methoxy groups -OCH3 is 2. The topological polar surface area (TPSA) is 68.8 Å². The zero-order chi connectivity index (χ0) is 18.4. The minimum Gasteiger partial charge on any atom is -0.493 e. The van der Waals surface area contributed by atoms with Crippen LogP contribution in [0.3, 0.4) is 0 Å². The second kappa shape index (κ2) is 8.58. The van der Waals surface area contributed by atoms with Gasteiger partial charge in [0.25, 0.3) is 0 Å². The Morgan fingerprint density at radius 1 is 1.15 bits per heavy atom. The molecule has 0 radical (unpaired) electrons. The predicted octanol–water partition coefficient (Wildman–Crippen LogP) is 2.82. The van der Waals surface area contributed by atoms with Crippen LogP contribution in [0.15, 0.2) is 42.5 Å². The molecule has 6 heteroatoms. The van der Waals surface area contributed by atoms with Gasteiger partial charge in [0.15, 0.2) is 11.5 Å². The van der Waals surface area contributed by atoms with E-state index in [1.54, 1.807) is 14.2 Å². The zero-order valence-electron chi connectivity index (χ0n) is 15.1. The maximum absolute atomic E-state index is 12.0. The van der Waals surface area contributed by atoms with Gasteiger partial charge in [-0.2, -0.15) is 0 Å². The second-order valence-electron chi connectivity index (χ2n) is 6.11. The molecule has 1 amide bonds. The zero-order valence-corrected chi connectivity index (χ0v) is 15.1. The Labute approximate surface area is 153 Å². The normalized spacial score (nSPS) is 15.7. The number of ether oxygens (including phenoxy) is 3. The van der Waals surface area contributed by atoms with Crippen LogP contribution in [-0.4, -0.2) is 33.4 Å². The lowest BCUT2D eigenvalue weighted by Gasteiger charge is -2.28. The van der Waals surface area contributed by atoms with Crippen LogP contribution in [-0.2, 0) is 17.8 Å². The third-order valence-electron chi connectivity index (χ3n) is 4.47. The maximum atomic E-state index is 12.0. The molecule has 0 saturated carbocycles. The van der Waals surface area contributed by atoms with Crippen molar-refractivity contribution in [3.63, 3.8) is 0 Å². The van der Waals surface area contributed by atoms with Gasteiger partial charge in [-0.1, -0.05) is 30.3 Å². The van der Waals surface area contributed by atoms with Gasteiger partial charge >= 0.3 is 6.09 Å². The molecule has 2 N–H and O–H groups in total. The van der Waals surface area contributed by atoms with E-state index in [4.69, 9.17) is 14.2 Å². The first-order valence-corrected chi connectivity index (χ1v) is 8.64. The number of carbonyl (C=O) groups is 1. The number of benzene rings is 2. The van der Waals surface area contributed by atoms with Gasteiger partial charge in [0.05, 0.1) is 20.3 Å². The summed E-state index contributed by atoms with van der Waals surface area (Å²) in [5.41, 5.74) is 3.27. The van der Waals surface area contributed by atoms with Crippen LogP contribution in [0.25, 0.3) is 0 Å². The Kier molecular flexibility index (Phi) is 5.96. The highest BCUT2D eigenvalue weighted by atomic mass is 16.5. The highest BCUT2D eigenvalue weighted by Crippen LogP contribution is 2.34. The maximum Gasteiger partial charge on any atom is 0.407 e. The van der Waals surface area contributed by atoms with Crippen molar-refractivity contribution in [2.45, 2.75) is 19.1 Å². The van der Waals surface area contributed by atoms with Crippen LogP contribution in [0.2, 0.25) is 0 Å². The summed E-state index contributed by atoms with van der Waals surface area (Å²) in [6.45, 7) is 1.54. The first kappa shape index (κ1) is 18.1. The molecule has 1 aliphatic heterocycles. The van der Waals surface area contributed by atoms with Crippen molar-refractivity contribution in [2.75, 3.05) is 27.3 Å². The molecule has 0 fully saturated rings. The minimum atomic E-state index is -0.428. The molecule has 0 unspecified atom stereocenters. The van der Waals surface area contributed by atoms with Crippen LogP contribution in [0.4, 0.5) is 4.79 Å². The van der Waals surface area contributed by atoms with Gasteiger partial charge in [0.1, 0.15) is 6.61 Å². The lowest BCUT2D eigenvalue weighted by molar-refractivity contribution is 0.138. The van der Waals surface area contributed by atoms with Crippen LogP contribution >= 0.6 is 0 Å². The number of rotatable bonds is 6. The number of amides is 1. The Bertz CT molecular complexity index is 749. The van der Waals surface area contributed by atoms with E-state index < -0.39 is 6.09 Å². The molecule has 1 atom stereocenters. The van der Waals surface area contributed by atoms with E-state index in [0.29, 0.717) is 12.3 Å². The van der Waals surface area contributed by atoms with Gasteiger partial charge in [-0.15, -0.1) is 0 Å².